The van der Waals surface area contributed by atoms with Crippen molar-refractivity contribution < 1.29 is 14.2 Å². The number of aromatic nitrogens is 2. The minimum atomic E-state index is -0.110. The van der Waals surface area contributed by atoms with Crippen LogP contribution in [0.25, 0.3) is 11.0 Å². The van der Waals surface area contributed by atoms with Crippen molar-refractivity contribution in [2.24, 2.45) is 0 Å². The Kier molecular flexibility index (Phi) is 4.68. The van der Waals surface area contributed by atoms with E-state index in [1.54, 1.807) is 0 Å². The molecule has 0 radical (unpaired) electrons. The van der Waals surface area contributed by atoms with Gasteiger partial charge in [-0.15, -0.1) is 0 Å². The lowest BCUT2D eigenvalue weighted by molar-refractivity contribution is -0.145. The van der Waals surface area contributed by atoms with Gasteiger partial charge in [-0.3, -0.25) is 9.69 Å². The van der Waals surface area contributed by atoms with Crippen LogP contribution >= 0.6 is 0 Å². The molecule has 0 N–H and O–H groups in total. The fourth-order valence-corrected chi connectivity index (χ4v) is 3.12. The van der Waals surface area contributed by atoms with Crippen LogP contribution in [0.4, 0.5) is 0 Å². The maximum atomic E-state index is 11.8. The van der Waals surface area contributed by atoms with Crippen LogP contribution in [-0.2, 0) is 16.1 Å². The molecule has 0 spiro atoms. The van der Waals surface area contributed by atoms with Crippen LogP contribution in [0.15, 0.2) is 22.8 Å². The van der Waals surface area contributed by atoms with E-state index in [2.05, 4.69) is 15.2 Å². The van der Waals surface area contributed by atoms with Crippen LogP contribution in [0.3, 0.4) is 0 Å². The van der Waals surface area contributed by atoms with Crippen molar-refractivity contribution in [3.63, 3.8) is 0 Å². The van der Waals surface area contributed by atoms with E-state index < -0.39 is 0 Å². The van der Waals surface area contributed by atoms with E-state index in [1.165, 1.54) is 0 Å². The van der Waals surface area contributed by atoms with Crippen molar-refractivity contribution in [3.05, 3.63) is 23.8 Å². The second-order valence-electron chi connectivity index (χ2n) is 5.68. The highest BCUT2D eigenvalue weighted by Gasteiger charge is 2.26. The molecule has 22 heavy (non-hydrogen) atoms. The zero-order chi connectivity index (χ0) is 15.4. The lowest BCUT2D eigenvalue weighted by atomic mass is 9.98. The van der Waals surface area contributed by atoms with Gasteiger partial charge >= 0.3 is 5.97 Å². The molecule has 0 bridgehead atoms. The SMILES string of the molecule is CCOC(=O)C[C@H]1CCCCN1Cc1cccc2nonc12. The first kappa shape index (κ1) is 15.0. The molecule has 0 amide bonds. The van der Waals surface area contributed by atoms with Gasteiger partial charge in [-0.25, -0.2) is 4.63 Å². The second-order valence-corrected chi connectivity index (χ2v) is 5.68. The van der Waals surface area contributed by atoms with E-state index in [9.17, 15) is 4.79 Å². The van der Waals surface area contributed by atoms with Gasteiger partial charge in [0, 0.05) is 12.6 Å². The van der Waals surface area contributed by atoms with Gasteiger partial charge in [0.2, 0.25) is 0 Å². The molecular weight excluding hydrogens is 282 g/mol. The molecular formula is C16H21N3O3. The Labute approximate surface area is 129 Å². The Morgan fingerprint density at radius 2 is 2.32 bits per heavy atom. The number of likely N-dealkylation sites (tertiary alicyclic amines) is 1. The first-order valence-electron chi connectivity index (χ1n) is 7.87. The molecule has 0 unspecified atom stereocenters. The fraction of sp³-hybridized carbons (Fsp3) is 0.562. The number of fused-ring (bicyclic) bond motifs is 1. The lowest BCUT2D eigenvalue weighted by Crippen LogP contribution is -2.40. The molecule has 2 heterocycles. The van der Waals surface area contributed by atoms with Crippen molar-refractivity contribution >= 4 is 17.0 Å². The number of esters is 1. The molecule has 3 rings (SSSR count). The zero-order valence-corrected chi connectivity index (χ0v) is 12.8. The summed E-state index contributed by atoms with van der Waals surface area (Å²) in [5.74, 6) is -0.110. The number of carbonyl (C=O) groups is 1. The van der Waals surface area contributed by atoms with Crippen LogP contribution in [0.5, 0.6) is 0 Å². The summed E-state index contributed by atoms with van der Waals surface area (Å²) in [5.41, 5.74) is 2.67. The van der Waals surface area contributed by atoms with Crippen molar-refractivity contribution in [1.29, 1.82) is 0 Å². The van der Waals surface area contributed by atoms with Crippen LogP contribution < -0.4 is 0 Å². The Morgan fingerprint density at radius 3 is 3.18 bits per heavy atom. The Hall–Kier alpha value is -1.95. The molecule has 118 valence electrons. The predicted octanol–water partition coefficient (Wildman–Crippen LogP) is 2.53. The average Bonchev–Trinajstić information content (AvgIpc) is 2.99. The number of benzene rings is 1. The van der Waals surface area contributed by atoms with Gasteiger partial charge in [0.15, 0.2) is 0 Å². The smallest absolute Gasteiger partial charge is 0.307 e. The van der Waals surface area contributed by atoms with E-state index in [0.29, 0.717) is 13.0 Å². The molecule has 0 saturated carbocycles. The molecule has 1 atom stereocenters. The highest BCUT2D eigenvalue weighted by Crippen LogP contribution is 2.24. The average molecular weight is 303 g/mol. The van der Waals surface area contributed by atoms with Gasteiger partial charge in [-0.2, -0.15) is 0 Å². The molecule has 2 aromatic rings. The summed E-state index contributed by atoms with van der Waals surface area (Å²) in [4.78, 5) is 14.1. The molecule has 6 heteroatoms. The lowest BCUT2D eigenvalue weighted by Gasteiger charge is -2.35. The van der Waals surface area contributed by atoms with Crippen molar-refractivity contribution in [3.8, 4) is 0 Å². The van der Waals surface area contributed by atoms with Gasteiger partial charge < -0.3 is 4.74 Å². The number of rotatable bonds is 5. The highest BCUT2D eigenvalue weighted by molar-refractivity contribution is 5.76. The summed E-state index contributed by atoms with van der Waals surface area (Å²) in [6.07, 6.45) is 3.81. The standard InChI is InChI=1S/C16H21N3O3/c1-2-21-15(20)10-13-7-3-4-9-19(13)11-12-6-5-8-14-16(12)18-22-17-14/h5-6,8,13H,2-4,7,9-11H2,1H3/t13-/m1/s1. The molecule has 1 aromatic heterocycles. The fourth-order valence-electron chi connectivity index (χ4n) is 3.12. The van der Waals surface area contributed by atoms with Gasteiger partial charge in [0.1, 0.15) is 11.0 Å². The highest BCUT2D eigenvalue weighted by atomic mass is 16.6. The van der Waals surface area contributed by atoms with Gasteiger partial charge in [0.25, 0.3) is 0 Å². The van der Waals surface area contributed by atoms with E-state index in [4.69, 9.17) is 9.37 Å². The third-order valence-corrected chi connectivity index (χ3v) is 4.20. The first-order valence-corrected chi connectivity index (χ1v) is 7.87. The van der Waals surface area contributed by atoms with Crippen LogP contribution in [0.1, 0.15) is 38.2 Å². The minimum absolute atomic E-state index is 0.110. The number of hydrogen-bond acceptors (Lipinski definition) is 6. The number of carbonyl (C=O) groups excluding carboxylic acids is 1. The van der Waals surface area contributed by atoms with Crippen LogP contribution in [-0.4, -0.2) is 40.4 Å². The third-order valence-electron chi connectivity index (χ3n) is 4.20. The van der Waals surface area contributed by atoms with Crippen molar-refractivity contribution in [1.82, 2.24) is 15.2 Å². The summed E-state index contributed by atoms with van der Waals surface area (Å²) in [5, 5.41) is 7.88. The van der Waals surface area contributed by atoms with Crippen molar-refractivity contribution in [2.75, 3.05) is 13.2 Å². The molecule has 1 fully saturated rings. The minimum Gasteiger partial charge on any atom is -0.466 e. The van der Waals surface area contributed by atoms with Crippen LogP contribution in [0, 0.1) is 0 Å². The third kappa shape index (κ3) is 3.27. The van der Waals surface area contributed by atoms with E-state index in [0.717, 1.165) is 48.9 Å². The van der Waals surface area contributed by atoms with Crippen molar-refractivity contribution in [2.45, 2.75) is 45.2 Å². The van der Waals surface area contributed by atoms with Gasteiger partial charge in [-0.05, 0) is 48.3 Å². The Bertz CT molecular complexity index is 640. The molecule has 1 aromatic carbocycles. The van der Waals surface area contributed by atoms with E-state index in [1.807, 2.05) is 25.1 Å². The summed E-state index contributed by atoms with van der Waals surface area (Å²) >= 11 is 0. The molecule has 1 aliphatic rings. The summed E-state index contributed by atoms with van der Waals surface area (Å²) < 4.78 is 9.92. The first-order chi connectivity index (χ1) is 10.8. The number of ether oxygens (including phenoxy) is 1. The Balaban J connectivity index is 1.73. The number of nitrogens with zero attached hydrogens (tertiary/aromatic N) is 3. The Morgan fingerprint density at radius 1 is 1.41 bits per heavy atom. The summed E-state index contributed by atoms with van der Waals surface area (Å²) in [6.45, 7) is 4.03. The van der Waals surface area contributed by atoms with Gasteiger partial charge in [-0.1, -0.05) is 18.6 Å². The number of piperidine rings is 1. The largest absolute Gasteiger partial charge is 0.466 e. The molecule has 0 aliphatic carbocycles. The molecule has 1 saturated heterocycles. The summed E-state index contributed by atoms with van der Waals surface area (Å²) in [6, 6.07) is 6.14. The maximum Gasteiger partial charge on any atom is 0.307 e. The molecule has 1 aliphatic heterocycles. The predicted molar refractivity (Wildman–Crippen MR) is 81.1 cm³/mol. The molecule has 6 nitrogen and oxygen atoms in total. The van der Waals surface area contributed by atoms with E-state index >= 15 is 0 Å². The van der Waals surface area contributed by atoms with Crippen LogP contribution in [0.2, 0.25) is 0 Å². The maximum absolute atomic E-state index is 11.8. The zero-order valence-electron chi connectivity index (χ0n) is 12.8. The topological polar surface area (TPSA) is 68.5 Å². The second kappa shape index (κ2) is 6.87. The normalized spacial score (nSPS) is 19.4. The quantitative estimate of drug-likeness (QED) is 0.791. The number of hydrogen-bond donors (Lipinski definition) is 0. The van der Waals surface area contributed by atoms with E-state index in [-0.39, 0.29) is 12.0 Å². The van der Waals surface area contributed by atoms with Gasteiger partial charge in [0.05, 0.1) is 13.0 Å². The monoisotopic (exact) mass is 303 g/mol. The summed E-state index contributed by atoms with van der Waals surface area (Å²) in [7, 11) is 0.